The summed E-state index contributed by atoms with van der Waals surface area (Å²) in [6, 6.07) is 6.99. The lowest BCUT2D eigenvalue weighted by Gasteiger charge is -2.27. The normalized spacial score (nSPS) is 24.9. The van der Waals surface area contributed by atoms with E-state index in [2.05, 4.69) is 31.3 Å². The van der Waals surface area contributed by atoms with Crippen LogP contribution in [0.3, 0.4) is 0 Å². The largest absolute Gasteiger partial charge is 0.310 e. The standard InChI is InChI=1S/C15H22ClN/c1-11-4-7-14(8-5-11)17-10-13-6-3-12(2)9-15(13)16/h3,6,9,11,14,17H,4-5,7-8,10H2,1-2H3. The molecule has 2 rings (SSSR count). The number of hydrogen-bond donors (Lipinski definition) is 1. The van der Waals surface area contributed by atoms with Crippen molar-refractivity contribution in [1.82, 2.24) is 5.32 Å². The maximum absolute atomic E-state index is 6.23. The Balaban J connectivity index is 1.85. The van der Waals surface area contributed by atoms with Crippen molar-refractivity contribution in [2.45, 2.75) is 52.1 Å². The Bertz CT molecular complexity index is 367. The predicted molar refractivity (Wildman–Crippen MR) is 74.4 cm³/mol. The number of hydrogen-bond acceptors (Lipinski definition) is 1. The molecular formula is C15H22ClN. The van der Waals surface area contributed by atoms with Gasteiger partial charge in [0.2, 0.25) is 0 Å². The van der Waals surface area contributed by atoms with Crippen LogP contribution in [-0.2, 0) is 6.54 Å². The highest BCUT2D eigenvalue weighted by molar-refractivity contribution is 6.31. The zero-order valence-electron chi connectivity index (χ0n) is 10.8. The van der Waals surface area contributed by atoms with Crippen LogP contribution in [0.4, 0.5) is 0 Å². The fourth-order valence-corrected chi connectivity index (χ4v) is 2.82. The number of aryl methyl sites for hydroxylation is 1. The highest BCUT2D eigenvalue weighted by atomic mass is 35.5. The highest BCUT2D eigenvalue weighted by Crippen LogP contribution is 2.24. The lowest BCUT2D eigenvalue weighted by Crippen LogP contribution is -2.32. The third-order valence-corrected chi connectivity index (χ3v) is 4.16. The van der Waals surface area contributed by atoms with Crippen molar-refractivity contribution >= 4 is 11.6 Å². The van der Waals surface area contributed by atoms with E-state index in [0.29, 0.717) is 6.04 Å². The average molecular weight is 252 g/mol. The molecule has 0 radical (unpaired) electrons. The zero-order valence-corrected chi connectivity index (χ0v) is 11.6. The van der Waals surface area contributed by atoms with Gasteiger partial charge in [0.15, 0.2) is 0 Å². The summed E-state index contributed by atoms with van der Waals surface area (Å²) in [7, 11) is 0. The van der Waals surface area contributed by atoms with Crippen molar-refractivity contribution in [3.05, 3.63) is 34.3 Å². The number of benzene rings is 1. The van der Waals surface area contributed by atoms with Crippen LogP contribution >= 0.6 is 11.6 Å². The fraction of sp³-hybridized carbons (Fsp3) is 0.600. The molecular weight excluding hydrogens is 230 g/mol. The Kier molecular flexibility index (Phi) is 4.47. The first-order chi connectivity index (χ1) is 8.15. The Hall–Kier alpha value is -0.530. The first kappa shape index (κ1) is 12.9. The minimum atomic E-state index is 0.684. The topological polar surface area (TPSA) is 12.0 Å². The molecule has 0 atom stereocenters. The summed E-state index contributed by atoms with van der Waals surface area (Å²) in [6.07, 6.45) is 5.34. The summed E-state index contributed by atoms with van der Waals surface area (Å²) in [4.78, 5) is 0. The molecule has 0 unspecified atom stereocenters. The average Bonchev–Trinajstić information content (AvgIpc) is 2.30. The van der Waals surface area contributed by atoms with Crippen LogP contribution in [0.25, 0.3) is 0 Å². The first-order valence-corrected chi connectivity index (χ1v) is 7.01. The van der Waals surface area contributed by atoms with E-state index in [1.165, 1.54) is 36.8 Å². The lowest BCUT2D eigenvalue weighted by molar-refractivity contribution is 0.306. The maximum Gasteiger partial charge on any atom is 0.0453 e. The molecule has 1 saturated carbocycles. The minimum absolute atomic E-state index is 0.684. The molecule has 1 fully saturated rings. The van der Waals surface area contributed by atoms with E-state index in [1.54, 1.807) is 0 Å². The van der Waals surface area contributed by atoms with Crippen LogP contribution in [0.1, 0.15) is 43.7 Å². The van der Waals surface area contributed by atoms with Gasteiger partial charge in [-0.15, -0.1) is 0 Å². The van der Waals surface area contributed by atoms with Gasteiger partial charge in [0.25, 0.3) is 0 Å². The second-order valence-electron chi connectivity index (χ2n) is 5.43. The summed E-state index contributed by atoms with van der Waals surface area (Å²) in [5.74, 6) is 0.913. The van der Waals surface area contributed by atoms with Crippen LogP contribution in [0.15, 0.2) is 18.2 Å². The van der Waals surface area contributed by atoms with E-state index in [-0.39, 0.29) is 0 Å². The van der Waals surface area contributed by atoms with Crippen LogP contribution in [0.2, 0.25) is 5.02 Å². The van der Waals surface area contributed by atoms with Crippen LogP contribution in [0, 0.1) is 12.8 Å². The van der Waals surface area contributed by atoms with Gasteiger partial charge in [-0.25, -0.2) is 0 Å². The summed E-state index contributed by atoms with van der Waals surface area (Å²) in [6.45, 7) is 5.33. The quantitative estimate of drug-likeness (QED) is 0.844. The Morgan fingerprint density at radius 2 is 1.94 bits per heavy atom. The molecule has 1 aromatic carbocycles. The molecule has 2 heteroatoms. The van der Waals surface area contributed by atoms with Crippen molar-refractivity contribution in [2.75, 3.05) is 0 Å². The molecule has 0 aliphatic heterocycles. The molecule has 0 spiro atoms. The molecule has 1 aromatic rings. The SMILES string of the molecule is Cc1ccc(CNC2CCC(C)CC2)c(Cl)c1. The fourth-order valence-electron chi connectivity index (χ4n) is 2.51. The smallest absolute Gasteiger partial charge is 0.0453 e. The van der Waals surface area contributed by atoms with Gasteiger partial charge in [-0.3, -0.25) is 0 Å². The van der Waals surface area contributed by atoms with E-state index < -0.39 is 0 Å². The molecule has 0 bridgehead atoms. The Labute approximate surface area is 110 Å². The van der Waals surface area contributed by atoms with E-state index in [0.717, 1.165) is 17.5 Å². The van der Waals surface area contributed by atoms with Gasteiger partial charge >= 0.3 is 0 Å². The molecule has 1 aliphatic rings. The van der Waals surface area contributed by atoms with Crippen molar-refractivity contribution in [3.63, 3.8) is 0 Å². The van der Waals surface area contributed by atoms with Gasteiger partial charge in [-0.05, 0) is 55.7 Å². The van der Waals surface area contributed by atoms with Crippen LogP contribution in [-0.4, -0.2) is 6.04 Å². The van der Waals surface area contributed by atoms with Crippen LogP contribution in [0.5, 0.6) is 0 Å². The van der Waals surface area contributed by atoms with E-state index in [9.17, 15) is 0 Å². The monoisotopic (exact) mass is 251 g/mol. The van der Waals surface area contributed by atoms with Crippen molar-refractivity contribution in [2.24, 2.45) is 5.92 Å². The third-order valence-electron chi connectivity index (χ3n) is 3.81. The minimum Gasteiger partial charge on any atom is -0.310 e. The molecule has 0 saturated heterocycles. The maximum atomic E-state index is 6.23. The van der Waals surface area contributed by atoms with E-state index >= 15 is 0 Å². The van der Waals surface area contributed by atoms with Crippen molar-refractivity contribution < 1.29 is 0 Å². The Morgan fingerprint density at radius 3 is 2.59 bits per heavy atom. The molecule has 1 N–H and O–H groups in total. The van der Waals surface area contributed by atoms with Gasteiger partial charge < -0.3 is 5.32 Å². The summed E-state index contributed by atoms with van der Waals surface area (Å²) in [5, 5.41) is 4.52. The van der Waals surface area contributed by atoms with Gasteiger partial charge in [0.1, 0.15) is 0 Å². The van der Waals surface area contributed by atoms with E-state index in [1.807, 2.05) is 6.07 Å². The van der Waals surface area contributed by atoms with Gasteiger partial charge in [-0.1, -0.05) is 30.7 Å². The van der Waals surface area contributed by atoms with Gasteiger partial charge in [0, 0.05) is 17.6 Å². The first-order valence-electron chi connectivity index (χ1n) is 6.63. The molecule has 0 amide bonds. The van der Waals surface area contributed by atoms with Gasteiger partial charge in [-0.2, -0.15) is 0 Å². The van der Waals surface area contributed by atoms with E-state index in [4.69, 9.17) is 11.6 Å². The van der Waals surface area contributed by atoms with Crippen molar-refractivity contribution in [3.8, 4) is 0 Å². The molecule has 17 heavy (non-hydrogen) atoms. The van der Waals surface area contributed by atoms with Gasteiger partial charge in [0.05, 0.1) is 0 Å². The zero-order chi connectivity index (χ0) is 12.3. The number of rotatable bonds is 3. The van der Waals surface area contributed by atoms with Crippen molar-refractivity contribution in [1.29, 1.82) is 0 Å². The summed E-state index contributed by atoms with van der Waals surface area (Å²) >= 11 is 6.23. The number of halogens is 1. The predicted octanol–water partition coefficient (Wildman–Crippen LogP) is 4.32. The molecule has 0 heterocycles. The summed E-state index contributed by atoms with van der Waals surface area (Å²) in [5.41, 5.74) is 2.45. The third kappa shape index (κ3) is 3.72. The number of nitrogens with one attached hydrogen (secondary N) is 1. The summed E-state index contributed by atoms with van der Waals surface area (Å²) < 4.78 is 0. The lowest BCUT2D eigenvalue weighted by atomic mass is 9.87. The molecule has 1 aliphatic carbocycles. The second kappa shape index (κ2) is 5.88. The molecule has 94 valence electrons. The highest BCUT2D eigenvalue weighted by Gasteiger charge is 2.17. The second-order valence-corrected chi connectivity index (χ2v) is 5.84. The van der Waals surface area contributed by atoms with Crippen LogP contribution < -0.4 is 5.32 Å². The molecule has 1 nitrogen and oxygen atoms in total. The molecule has 0 aromatic heterocycles. The Morgan fingerprint density at radius 1 is 1.24 bits per heavy atom.